The molecule has 6 heteroatoms. The number of rotatable bonds is 2. The van der Waals surface area contributed by atoms with Crippen molar-refractivity contribution in [2.75, 3.05) is 0 Å². The van der Waals surface area contributed by atoms with Crippen molar-refractivity contribution >= 4 is 11.9 Å². The van der Waals surface area contributed by atoms with Crippen LogP contribution in [0.5, 0.6) is 0 Å². The van der Waals surface area contributed by atoms with Crippen molar-refractivity contribution in [1.82, 2.24) is 4.98 Å². The quantitative estimate of drug-likeness (QED) is 0.710. The molecule has 0 fully saturated rings. The van der Waals surface area contributed by atoms with Gasteiger partial charge in [0, 0.05) is 29.5 Å². The second-order valence-corrected chi connectivity index (χ2v) is 2.03. The fourth-order valence-corrected chi connectivity index (χ4v) is 0.751. The number of carboxylic acids is 2. The first-order valence-corrected chi connectivity index (χ1v) is 3.03. The zero-order valence-corrected chi connectivity index (χ0v) is 7.45. The van der Waals surface area contributed by atoms with Gasteiger partial charge in [-0.2, -0.15) is 0 Å². The summed E-state index contributed by atoms with van der Waals surface area (Å²) in [6.07, 6.45) is 2.24. The second-order valence-electron chi connectivity index (χ2n) is 2.03. The third-order valence-electron chi connectivity index (χ3n) is 1.28. The number of carboxylic acid groups (broad SMARTS) is 2. The van der Waals surface area contributed by atoms with E-state index in [0.717, 1.165) is 12.3 Å². The number of nitrogens with zero attached hydrogens (tertiary/aromatic N) is 1. The minimum Gasteiger partial charge on any atom is -0.478 e. The Balaban J connectivity index is 0.00000144. The predicted octanol–water partition coefficient (Wildman–Crippen LogP) is 0.475. The number of aromatic carboxylic acids is 2. The molecule has 0 unspecified atom stereocenters. The van der Waals surface area contributed by atoms with E-state index in [2.05, 4.69) is 4.98 Å². The molecule has 0 bridgehead atoms. The number of aromatic nitrogens is 1. The van der Waals surface area contributed by atoms with Gasteiger partial charge in [-0.25, -0.2) is 9.59 Å². The van der Waals surface area contributed by atoms with E-state index in [9.17, 15) is 9.59 Å². The Bertz CT molecular complexity index is 306. The molecule has 2 N–H and O–H groups in total. The average Bonchev–Trinajstić information content (AvgIpc) is 2.04. The van der Waals surface area contributed by atoms with Gasteiger partial charge in [-0.1, -0.05) is 0 Å². The molecule has 1 aromatic heterocycles. The Hall–Kier alpha value is -1.39. The summed E-state index contributed by atoms with van der Waals surface area (Å²) in [7, 11) is 0. The van der Waals surface area contributed by atoms with E-state index in [1.165, 1.54) is 6.20 Å². The van der Waals surface area contributed by atoms with Gasteiger partial charge in [0.1, 0.15) is 0 Å². The summed E-state index contributed by atoms with van der Waals surface area (Å²) in [6, 6.07) is 1.14. The molecule has 0 atom stereocenters. The molecule has 69 valence electrons. The van der Waals surface area contributed by atoms with Crippen molar-refractivity contribution in [3.63, 3.8) is 0 Å². The van der Waals surface area contributed by atoms with Gasteiger partial charge in [0.2, 0.25) is 0 Å². The van der Waals surface area contributed by atoms with Gasteiger partial charge in [-0.15, -0.1) is 0 Å². The molecule has 5 nitrogen and oxygen atoms in total. The van der Waals surface area contributed by atoms with Gasteiger partial charge >= 0.3 is 11.9 Å². The molecule has 0 aliphatic heterocycles. The zero-order valence-electron chi connectivity index (χ0n) is 6.27. The molecule has 1 radical (unpaired) electrons. The molecule has 0 aromatic carbocycles. The molecule has 13 heavy (non-hydrogen) atoms. The monoisotopic (exact) mass is 222 g/mol. The predicted molar refractivity (Wildman–Crippen MR) is 38.2 cm³/mol. The number of hydrogen-bond donors (Lipinski definition) is 2. The zero-order chi connectivity index (χ0) is 9.14. The van der Waals surface area contributed by atoms with Crippen molar-refractivity contribution in [3.8, 4) is 0 Å². The van der Waals surface area contributed by atoms with E-state index in [1.54, 1.807) is 0 Å². The average molecular weight is 222 g/mol. The van der Waals surface area contributed by atoms with Gasteiger partial charge < -0.3 is 10.2 Å². The van der Waals surface area contributed by atoms with Crippen LogP contribution in [0, 0.1) is 0 Å². The van der Waals surface area contributed by atoms with E-state index in [-0.39, 0.29) is 28.2 Å². The number of carbonyl (C=O) groups is 2. The van der Waals surface area contributed by atoms with Crippen molar-refractivity contribution in [3.05, 3.63) is 29.6 Å². The molecule has 1 aromatic rings. The van der Waals surface area contributed by atoms with E-state index in [1.807, 2.05) is 0 Å². The van der Waals surface area contributed by atoms with Crippen LogP contribution in [0.4, 0.5) is 0 Å². The smallest absolute Gasteiger partial charge is 0.338 e. The summed E-state index contributed by atoms with van der Waals surface area (Å²) in [5.41, 5.74) is -0.553. The summed E-state index contributed by atoms with van der Waals surface area (Å²) < 4.78 is 0. The first kappa shape index (κ1) is 11.6. The maximum Gasteiger partial charge on any atom is 0.338 e. The fraction of sp³-hybridized carbons (Fsp3) is 0. The standard InChI is InChI=1S/C7H5NO4.Mn/c9-6(10)4-1-2-8-3-5(4)7(11)12;/h1-3H,(H,9,10)(H,11,12);. The van der Waals surface area contributed by atoms with E-state index >= 15 is 0 Å². The van der Waals surface area contributed by atoms with Crippen molar-refractivity contribution in [1.29, 1.82) is 0 Å². The fourth-order valence-electron chi connectivity index (χ4n) is 0.751. The van der Waals surface area contributed by atoms with Gasteiger partial charge in [0.25, 0.3) is 0 Å². The van der Waals surface area contributed by atoms with Crippen molar-refractivity contribution in [2.24, 2.45) is 0 Å². The summed E-state index contributed by atoms with van der Waals surface area (Å²) >= 11 is 0. The first-order chi connectivity index (χ1) is 5.63. The Labute approximate surface area is 83.9 Å². The van der Waals surface area contributed by atoms with Gasteiger partial charge in [0.15, 0.2) is 0 Å². The summed E-state index contributed by atoms with van der Waals surface area (Å²) in [6.45, 7) is 0. The maximum absolute atomic E-state index is 10.4. The molecule has 0 amide bonds. The van der Waals surface area contributed by atoms with Crippen LogP contribution in [0.1, 0.15) is 20.7 Å². The van der Waals surface area contributed by atoms with Crippen LogP contribution in [0.15, 0.2) is 18.5 Å². The van der Waals surface area contributed by atoms with Crippen molar-refractivity contribution in [2.45, 2.75) is 0 Å². The Morgan fingerprint density at radius 1 is 1.15 bits per heavy atom. The first-order valence-electron chi connectivity index (χ1n) is 3.03. The van der Waals surface area contributed by atoms with Crippen LogP contribution in [-0.4, -0.2) is 27.1 Å². The molecule has 0 saturated heterocycles. The molecule has 0 saturated carbocycles. The third kappa shape index (κ3) is 2.54. The van der Waals surface area contributed by atoms with Crippen molar-refractivity contribution < 1.29 is 36.9 Å². The van der Waals surface area contributed by atoms with Crippen LogP contribution < -0.4 is 0 Å². The molecule has 0 aliphatic rings. The van der Waals surface area contributed by atoms with Crippen LogP contribution in [0.3, 0.4) is 0 Å². The second kappa shape index (κ2) is 4.59. The normalized spacial score (nSPS) is 8.62. The van der Waals surface area contributed by atoms with Crippen LogP contribution in [0.2, 0.25) is 0 Å². The topological polar surface area (TPSA) is 87.5 Å². The van der Waals surface area contributed by atoms with Crippen LogP contribution in [0.25, 0.3) is 0 Å². The number of pyridine rings is 1. The summed E-state index contributed by atoms with van der Waals surface area (Å²) in [5, 5.41) is 17.0. The van der Waals surface area contributed by atoms with Gasteiger partial charge in [-0.3, -0.25) is 4.98 Å². The number of hydrogen-bond acceptors (Lipinski definition) is 3. The Morgan fingerprint density at radius 3 is 2.08 bits per heavy atom. The maximum atomic E-state index is 10.4. The third-order valence-corrected chi connectivity index (χ3v) is 1.28. The van der Waals surface area contributed by atoms with Gasteiger partial charge in [0.05, 0.1) is 11.1 Å². The molecule has 0 spiro atoms. The minimum atomic E-state index is -1.29. The van der Waals surface area contributed by atoms with Gasteiger partial charge in [-0.05, 0) is 6.07 Å². The molecule has 0 aliphatic carbocycles. The molecular formula is C7H5MnNO4. The molecular weight excluding hydrogens is 217 g/mol. The Morgan fingerprint density at radius 2 is 1.69 bits per heavy atom. The van der Waals surface area contributed by atoms with Crippen LogP contribution >= 0.6 is 0 Å². The largest absolute Gasteiger partial charge is 0.478 e. The summed E-state index contributed by atoms with van der Waals surface area (Å²) in [4.78, 5) is 24.4. The Kier molecular flexibility index (Phi) is 4.10. The minimum absolute atomic E-state index is 0. The summed E-state index contributed by atoms with van der Waals surface area (Å²) in [5.74, 6) is -2.56. The molecule has 1 rings (SSSR count). The van der Waals surface area contributed by atoms with E-state index < -0.39 is 11.9 Å². The SMILES string of the molecule is O=C(O)c1ccncc1C(=O)O.[Mn]. The van der Waals surface area contributed by atoms with E-state index in [0.29, 0.717) is 0 Å². The van der Waals surface area contributed by atoms with Crippen LogP contribution in [-0.2, 0) is 17.1 Å². The molecule has 1 heterocycles. The van der Waals surface area contributed by atoms with E-state index in [4.69, 9.17) is 10.2 Å².